The molecule has 1 aliphatic rings. The van der Waals surface area contributed by atoms with E-state index in [0.29, 0.717) is 25.4 Å². The Hall–Kier alpha value is -2.64. The standard InChI is InChI=1S/C19H27N5O3/c1-4-27-18(25)11-16-7-5-6-8-23(16)19(26)17-10-15(20-21-17)12-24-14(3)9-13(2)22-24/h9-10,16H,4-8,11-12H2,1-3H3,(H,20,21)/t16-/m1/s1. The van der Waals surface area contributed by atoms with Crippen molar-refractivity contribution in [1.29, 1.82) is 0 Å². The van der Waals surface area contributed by atoms with E-state index in [1.165, 1.54) is 0 Å². The second-order valence-electron chi connectivity index (χ2n) is 7.02. The summed E-state index contributed by atoms with van der Waals surface area (Å²) in [6, 6.07) is 3.66. The van der Waals surface area contributed by atoms with E-state index < -0.39 is 0 Å². The van der Waals surface area contributed by atoms with Crippen LogP contribution in [0.15, 0.2) is 12.1 Å². The lowest BCUT2D eigenvalue weighted by molar-refractivity contribution is -0.144. The number of nitrogens with zero attached hydrogens (tertiary/aromatic N) is 4. The molecule has 8 heteroatoms. The molecule has 1 fully saturated rings. The van der Waals surface area contributed by atoms with Gasteiger partial charge in [-0.3, -0.25) is 19.4 Å². The van der Waals surface area contributed by atoms with Gasteiger partial charge >= 0.3 is 5.97 Å². The number of carbonyl (C=O) groups is 2. The number of esters is 1. The number of nitrogens with one attached hydrogen (secondary N) is 1. The van der Waals surface area contributed by atoms with Gasteiger partial charge in [0, 0.05) is 18.3 Å². The molecule has 2 aromatic heterocycles. The molecular formula is C19H27N5O3. The van der Waals surface area contributed by atoms with Crippen molar-refractivity contribution in [2.45, 2.75) is 59.0 Å². The zero-order valence-corrected chi connectivity index (χ0v) is 16.2. The van der Waals surface area contributed by atoms with E-state index in [1.807, 2.05) is 24.6 Å². The Bertz CT molecular complexity index is 810. The first kappa shape index (κ1) is 19.1. The largest absolute Gasteiger partial charge is 0.466 e. The van der Waals surface area contributed by atoms with Crippen LogP contribution in [0, 0.1) is 13.8 Å². The number of aromatic amines is 1. The van der Waals surface area contributed by atoms with Crippen LogP contribution in [0.1, 0.15) is 60.2 Å². The van der Waals surface area contributed by atoms with E-state index in [1.54, 1.807) is 17.9 Å². The Morgan fingerprint density at radius 2 is 2.11 bits per heavy atom. The number of hydrogen-bond donors (Lipinski definition) is 1. The molecule has 1 atom stereocenters. The zero-order chi connectivity index (χ0) is 19.4. The molecule has 2 aromatic rings. The highest BCUT2D eigenvalue weighted by Gasteiger charge is 2.30. The van der Waals surface area contributed by atoms with Gasteiger partial charge in [0.2, 0.25) is 0 Å². The molecule has 0 bridgehead atoms. The molecule has 0 radical (unpaired) electrons. The maximum atomic E-state index is 13.0. The third kappa shape index (κ3) is 4.56. The molecule has 0 spiro atoms. The van der Waals surface area contributed by atoms with E-state index in [2.05, 4.69) is 15.3 Å². The van der Waals surface area contributed by atoms with Gasteiger partial charge in [0.25, 0.3) is 5.91 Å². The smallest absolute Gasteiger partial charge is 0.307 e. The van der Waals surface area contributed by atoms with E-state index >= 15 is 0 Å². The molecule has 8 nitrogen and oxygen atoms in total. The van der Waals surface area contributed by atoms with Crippen molar-refractivity contribution in [3.05, 3.63) is 34.9 Å². The fraction of sp³-hybridized carbons (Fsp3) is 0.579. The normalized spacial score (nSPS) is 17.1. The molecule has 146 valence electrons. The first-order valence-electron chi connectivity index (χ1n) is 9.50. The van der Waals surface area contributed by atoms with Crippen molar-refractivity contribution in [1.82, 2.24) is 24.9 Å². The third-order valence-corrected chi connectivity index (χ3v) is 4.87. The highest BCUT2D eigenvalue weighted by molar-refractivity contribution is 5.93. The molecule has 1 amide bonds. The van der Waals surface area contributed by atoms with Crippen LogP contribution >= 0.6 is 0 Å². The third-order valence-electron chi connectivity index (χ3n) is 4.87. The summed E-state index contributed by atoms with van der Waals surface area (Å²) in [5, 5.41) is 11.6. The topological polar surface area (TPSA) is 93.1 Å². The van der Waals surface area contributed by atoms with Crippen LogP contribution < -0.4 is 0 Å². The van der Waals surface area contributed by atoms with Crippen molar-refractivity contribution < 1.29 is 14.3 Å². The zero-order valence-electron chi connectivity index (χ0n) is 16.2. The highest BCUT2D eigenvalue weighted by atomic mass is 16.5. The van der Waals surface area contributed by atoms with Crippen LogP contribution in [0.25, 0.3) is 0 Å². The molecule has 0 aromatic carbocycles. The van der Waals surface area contributed by atoms with Crippen LogP contribution in [0.2, 0.25) is 0 Å². The fourth-order valence-electron chi connectivity index (χ4n) is 3.59. The molecule has 27 heavy (non-hydrogen) atoms. The number of rotatable bonds is 6. The highest BCUT2D eigenvalue weighted by Crippen LogP contribution is 2.22. The molecule has 0 saturated carbocycles. The number of piperidine rings is 1. The lowest BCUT2D eigenvalue weighted by Gasteiger charge is -2.34. The van der Waals surface area contributed by atoms with E-state index in [4.69, 9.17) is 4.74 Å². The summed E-state index contributed by atoms with van der Waals surface area (Å²) in [6.07, 6.45) is 3.00. The molecule has 1 aliphatic heterocycles. The Kier molecular flexibility index (Phi) is 5.93. The van der Waals surface area contributed by atoms with E-state index in [9.17, 15) is 9.59 Å². The summed E-state index contributed by atoms with van der Waals surface area (Å²) in [5.74, 6) is -0.394. The maximum absolute atomic E-state index is 13.0. The van der Waals surface area contributed by atoms with Gasteiger partial charge in [0.1, 0.15) is 5.69 Å². The van der Waals surface area contributed by atoms with E-state index in [-0.39, 0.29) is 24.3 Å². The number of likely N-dealkylation sites (tertiary alicyclic amines) is 1. The van der Waals surface area contributed by atoms with Gasteiger partial charge in [-0.25, -0.2) is 0 Å². The first-order chi connectivity index (χ1) is 13.0. The molecule has 1 N–H and O–H groups in total. The van der Waals surface area contributed by atoms with Gasteiger partial charge in [-0.1, -0.05) is 0 Å². The molecule has 0 unspecified atom stereocenters. The Morgan fingerprint density at radius 1 is 1.30 bits per heavy atom. The summed E-state index contributed by atoms with van der Waals surface area (Å²) < 4.78 is 6.93. The van der Waals surface area contributed by atoms with Gasteiger partial charge in [-0.05, 0) is 52.2 Å². The monoisotopic (exact) mass is 373 g/mol. The van der Waals surface area contributed by atoms with Gasteiger partial charge in [0.15, 0.2) is 0 Å². The average Bonchev–Trinajstić information content (AvgIpc) is 3.21. The van der Waals surface area contributed by atoms with Gasteiger partial charge < -0.3 is 9.64 Å². The minimum Gasteiger partial charge on any atom is -0.466 e. The number of carbonyl (C=O) groups excluding carboxylic acids is 2. The van der Waals surface area contributed by atoms with Crippen molar-refractivity contribution in [2.75, 3.05) is 13.2 Å². The Balaban J connectivity index is 1.69. The summed E-state index contributed by atoms with van der Waals surface area (Å²) in [5.41, 5.74) is 3.21. The number of aryl methyl sites for hydroxylation is 2. The maximum Gasteiger partial charge on any atom is 0.307 e. The van der Waals surface area contributed by atoms with Crippen LogP contribution in [-0.4, -0.2) is 55.9 Å². The van der Waals surface area contributed by atoms with Gasteiger partial charge in [-0.15, -0.1) is 0 Å². The van der Waals surface area contributed by atoms with Crippen LogP contribution in [0.3, 0.4) is 0 Å². The SMILES string of the molecule is CCOC(=O)C[C@H]1CCCCN1C(=O)c1cc(Cn2nc(C)cc2C)[nH]n1. The van der Waals surface area contributed by atoms with Crippen molar-refractivity contribution in [2.24, 2.45) is 0 Å². The summed E-state index contributed by atoms with van der Waals surface area (Å²) in [7, 11) is 0. The summed E-state index contributed by atoms with van der Waals surface area (Å²) in [4.78, 5) is 26.6. The minimum atomic E-state index is -0.255. The van der Waals surface area contributed by atoms with Crippen LogP contribution in [0.4, 0.5) is 0 Å². The molecule has 3 heterocycles. The van der Waals surface area contributed by atoms with Crippen molar-refractivity contribution in [3.8, 4) is 0 Å². The number of ether oxygens (including phenoxy) is 1. The quantitative estimate of drug-likeness (QED) is 0.784. The predicted molar refractivity (Wildman–Crippen MR) is 99.3 cm³/mol. The first-order valence-corrected chi connectivity index (χ1v) is 9.50. The average molecular weight is 373 g/mol. The van der Waals surface area contributed by atoms with Crippen LogP contribution in [-0.2, 0) is 16.1 Å². The summed E-state index contributed by atoms with van der Waals surface area (Å²) >= 11 is 0. The predicted octanol–water partition coefficient (Wildman–Crippen LogP) is 2.22. The molecule has 1 saturated heterocycles. The molecule has 0 aliphatic carbocycles. The van der Waals surface area contributed by atoms with E-state index in [0.717, 1.165) is 36.3 Å². The van der Waals surface area contributed by atoms with Gasteiger partial charge in [-0.2, -0.15) is 10.2 Å². The second-order valence-corrected chi connectivity index (χ2v) is 7.02. The van der Waals surface area contributed by atoms with Crippen LogP contribution in [0.5, 0.6) is 0 Å². The minimum absolute atomic E-state index is 0.124. The van der Waals surface area contributed by atoms with Crippen molar-refractivity contribution >= 4 is 11.9 Å². The van der Waals surface area contributed by atoms with Gasteiger partial charge in [0.05, 0.1) is 31.0 Å². The summed E-state index contributed by atoms with van der Waals surface area (Å²) in [6.45, 7) is 7.26. The number of H-pyrrole nitrogens is 1. The number of hydrogen-bond acceptors (Lipinski definition) is 5. The Labute approximate surface area is 158 Å². The second kappa shape index (κ2) is 8.37. The molecule has 3 rings (SSSR count). The molecular weight excluding hydrogens is 346 g/mol. The number of amides is 1. The lowest BCUT2D eigenvalue weighted by atomic mass is 9.99. The number of aromatic nitrogens is 4. The van der Waals surface area contributed by atoms with Crippen molar-refractivity contribution in [3.63, 3.8) is 0 Å². The Morgan fingerprint density at radius 3 is 2.81 bits per heavy atom. The lowest BCUT2D eigenvalue weighted by Crippen LogP contribution is -2.45. The fourth-order valence-corrected chi connectivity index (χ4v) is 3.59.